The van der Waals surface area contributed by atoms with E-state index < -0.39 is 5.97 Å². The maximum Gasteiger partial charge on any atom is 0.409 e. The number of hydrogen-bond acceptors (Lipinski definition) is 7. The minimum Gasteiger partial charge on any atom is -0.487 e. The van der Waals surface area contributed by atoms with Crippen molar-refractivity contribution in [2.75, 3.05) is 13.6 Å². The normalized spacial score (nSPS) is 20.4. The van der Waals surface area contributed by atoms with Gasteiger partial charge in [0.15, 0.2) is 11.6 Å². The summed E-state index contributed by atoms with van der Waals surface area (Å²) in [5, 5.41) is 9.30. The number of rotatable bonds is 8. The van der Waals surface area contributed by atoms with Crippen molar-refractivity contribution in [1.29, 1.82) is 0 Å². The number of carboxylic acid groups (broad SMARTS) is 1. The topological polar surface area (TPSA) is 102 Å². The highest BCUT2D eigenvalue weighted by atomic mass is 35.5. The number of halogens is 1. The number of thiophene rings is 1. The number of carboxylic acids is 1. The minimum atomic E-state index is -0.770. The fourth-order valence-electron chi connectivity index (χ4n) is 4.42. The summed E-state index contributed by atoms with van der Waals surface area (Å²) in [6.45, 7) is 2.64. The monoisotopic (exact) mass is 507 g/mol. The Labute approximate surface area is 208 Å². The van der Waals surface area contributed by atoms with Gasteiger partial charge in [0.05, 0.1) is 33.1 Å². The van der Waals surface area contributed by atoms with Gasteiger partial charge in [0.1, 0.15) is 6.61 Å². The number of nitrogens with zero attached hydrogens (tertiary/aromatic N) is 3. The van der Waals surface area contributed by atoms with Crippen LogP contribution in [0.5, 0.6) is 5.75 Å². The Kier molecular flexibility index (Phi) is 7.93. The summed E-state index contributed by atoms with van der Waals surface area (Å²) in [6.07, 6.45) is 7.49. The second kappa shape index (κ2) is 10.9. The van der Waals surface area contributed by atoms with Crippen LogP contribution in [0.2, 0.25) is 4.34 Å². The van der Waals surface area contributed by atoms with Crippen molar-refractivity contribution >= 4 is 35.0 Å². The van der Waals surface area contributed by atoms with E-state index in [2.05, 4.69) is 9.97 Å². The van der Waals surface area contributed by atoms with E-state index in [9.17, 15) is 14.7 Å². The van der Waals surface area contributed by atoms with E-state index in [-0.39, 0.29) is 24.7 Å². The van der Waals surface area contributed by atoms with Gasteiger partial charge in [-0.25, -0.2) is 14.8 Å². The Balaban J connectivity index is 1.40. The summed E-state index contributed by atoms with van der Waals surface area (Å²) in [5.41, 5.74) is 1.42. The largest absolute Gasteiger partial charge is 0.487 e. The third-order valence-corrected chi connectivity index (χ3v) is 7.91. The van der Waals surface area contributed by atoms with E-state index >= 15 is 0 Å². The Morgan fingerprint density at radius 2 is 2.03 bits per heavy atom. The van der Waals surface area contributed by atoms with Gasteiger partial charge >= 0.3 is 12.1 Å². The summed E-state index contributed by atoms with van der Waals surface area (Å²) in [4.78, 5) is 35.2. The third-order valence-electron chi connectivity index (χ3n) is 6.60. The molecule has 2 fully saturated rings. The maximum atomic E-state index is 12.4. The first-order chi connectivity index (χ1) is 16.3. The van der Waals surface area contributed by atoms with Crippen molar-refractivity contribution in [3.63, 3.8) is 0 Å². The highest BCUT2D eigenvalue weighted by Gasteiger charge is 2.29. The van der Waals surface area contributed by atoms with Gasteiger partial charge in [0, 0.05) is 19.2 Å². The van der Waals surface area contributed by atoms with Gasteiger partial charge in [-0.3, -0.25) is 4.79 Å². The number of carbonyl (C=O) groups excluding carboxylic acids is 1. The number of aromatic nitrogens is 2. The molecule has 2 aromatic heterocycles. The van der Waals surface area contributed by atoms with Gasteiger partial charge in [0.25, 0.3) is 0 Å². The quantitative estimate of drug-likeness (QED) is 0.499. The van der Waals surface area contributed by atoms with E-state index in [1.54, 1.807) is 24.2 Å². The van der Waals surface area contributed by atoms with Gasteiger partial charge in [-0.15, -0.1) is 11.3 Å². The molecule has 4 rings (SSSR count). The average molecular weight is 508 g/mol. The molecule has 1 N–H and O–H groups in total. The second-order valence-electron chi connectivity index (χ2n) is 9.22. The number of carbonyl (C=O) groups is 2. The summed E-state index contributed by atoms with van der Waals surface area (Å²) in [6, 6.07) is 1.78. The molecule has 2 atom stereocenters. The van der Waals surface area contributed by atoms with E-state index in [0.29, 0.717) is 46.9 Å². The Morgan fingerprint density at radius 1 is 1.26 bits per heavy atom. The first kappa shape index (κ1) is 24.7. The Bertz CT molecular complexity index is 1040. The van der Waals surface area contributed by atoms with Gasteiger partial charge < -0.3 is 19.5 Å². The van der Waals surface area contributed by atoms with Crippen molar-refractivity contribution in [3.8, 4) is 16.5 Å². The van der Waals surface area contributed by atoms with Gasteiger partial charge in [-0.2, -0.15) is 0 Å². The lowest BCUT2D eigenvalue weighted by atomic mass is 9.85. The Morgan fingerprint density at radius 3 is 2.71 bits per heavy atom. The van der Waals surface area contributed by atoms with Gasteiger partial charge in [-0.1, -0.05) is 18.0 Å². The fourth-order valence-corrected chi connectivity index (χ4v) is 5.61. The van der Waals surface area contributed by atoms with E-state index in [4.69, 9.17) is 21.1 Å². The molecule has 8 nitrogen and oxygen atoms in total. The standard InChI is InChI=1S/C24H30ClN3O5S/c1-14-19(33-18-8-4-7-16(9-18)23(29)30)11-26-22(27-14)21-17(10-20(25)34-21)13-32-24(31)28(2)12-15-5-3-6-15/h10-11,15-16,18H,3-9,12-13H2,1-2H3,(H,29,30)/t16-,18-/m0/s1. The molecular weight excluding hydrogens is 478 g/mol. The zero-order chi connectivity index (χ0) is 24.2. The summed E-state index contributed by atoms with van der Waals surface area (Å²) < 4.78 is 12.1. The smallest absolute Gasteiger partial charge is 0.409 e. The molecule has 0 saturated heterocycles. The molecule has 0 unspecified atom stereocenters. The van der Waals surface area contributed by atoms with Crippen LogP contribution in [0.25, 0.3) is 10.7 Å². The predicted molar refractivity (Wildman–Crippen MR) is 129 cm³/mol. The van der Waals surface area contributed by atoms with Crippen LogP contribution in [-0.2, 0) is 16.1 Å². The van der Waals surface area contributed by atoms with Crippen molar-refractivity contribution in [2.24, 2.45) is 11.8 Å². The van der Waals surface area contributed by atoms with Crippen LogP contribution in [-0.4, -0.2) is 51.7 Å². The lowest BCUT2D eigenvalue weighted by molar-refractivity contribution is -0.143. The van der Waals surface area contributed by atoms with E-state index in [1.807, 2.05) is 6.92 Å². The van der Waals surface area contributed by atoms with E-state index in [0.717, 1.165) is 23.3 Å². The minimum absolute atomic E-state index is 0.0890. The summed E-state index contributed by atoms with van der Waals surface area (Å²) in [7, 11) is 1.76. The molecule has 0 aliphatic heterocycles. The highest BCUT2D eigenvalue weighted by molar-refractivity contribution is 7.19. The number of aryl methyl sites for hydroxylation is 1. The Hall–Kier alpha value is -2.39. The molecule has 0 bridgehead atoms. The SMILES string of the molecule is Cc1nc(-c2sc(Cl)cc2COC(=O)N(C)CC2CCC2)ncc1O[C@H]1CCC[C@H](C(=O)O)C1. The van der Waals surface area contributed by atoms with Crippen LogP contribution >= 0.6 is 22.9 Å². The molecular formula is C24H30ClN3O5S. The van der Waals surface area contributed by atoms with Crippen molar-refractivity contribution in [2.45, 2.75) is 64.6 Å². The molecule has 0 spiro atoms. The summed E-state index contributed by atoms with van der Waals surface area (Å²) >= 11 is 7.60. The number of ether oxygens (including phenoxy) is 2. The first-order valence-corrected chi connectivity index (χ1v) is 12.9. The van der Waals surface area contributed by atoms with Crippen molar-refractivity contribution in [1.82, 2.24) is 14.9 Å². The highest BCUT2D eigenvalue weighted by Crippen LogP contribution is 2.36. The molecule has 2 aliphatic rings. The molecule has 2 heterocycles. The second-order valence-corrected chi connectivity index (χ2v) is 10.9. The molecule has 34 heavy (non-hydrogen) atoms. The lowest BCUT2D eigenvalue weighted by Crippen LogP contribution is -2.34. The average Bonchev–Trinajstić information content (AvgIpc) is 3.16. The van der Waals surface area contributed by atoms with Gasteiger partial charge in [0.2, 0.25) is 0 Å². The van der Waals surface area contributed by atoms with Crippen LogP contribution in [0.15, 0.2) is 12.3 Å². The van der Waals surface area contributed by atoms with Crippen LogP contribution < -0.4 is 4.74 Å². The van der Waals surface area contributed by atoms with Gasteiger partial charge in [-0.05, 0) is 57.4 Å². The van der Waals surface area contributed by atoms with E-state index in [1.165, 1.54) is 30.6 Å². The lowest BCUT2D eigenvalue weighted by Gasteiger charge is -2.29. The summed E-state index contributed by atoms with van der Waals surface area (Å²) in [5.74, 6) is 0.472. The predicted octanol–water partition coefficient (Wildman–Crippen LogP) is 5.56. The third kappa shape index (κ3) is 5.99. The first-order valence-electron chi connectivity index (χ1n) is 11.7. The molecule has 0 aromatic carbocycles. The molecule has 2 aliphatic carbocycles. The van der Waals surface area contributed by atoms with Crippen LogP contribution in [0.1, 0.15) is 56.2 Å². The zero-order valence-corrected chi connectivity index (χ0v) is 21.0. The molecule has 10 heteroatoms. The molecule has 1 amide bonds. The van der Waals surface area contributed by atoms with Crippen LogP contribution in [0, 0.1) is 18.8 Å². The fraction of sp³-hybridized carbons (Fsp3) is 0.583. The number of aliphatic carboxylic acids is 1. The van der Waals surface area contributed by atoms with Crippen LogP contribution in [0.4, 0.5) is 4.79 Å². The molecule has 2 saturated carbocycles. The number of hydrogen-bond donors (Lipinski definition) is 1. The molecule has 2 aromatic rings. The molecule has 0 radical (unpaired) electrons. The van der Waals surface area contributed by atoms with Crippen molar-refractivity contribution < 1.29 is 24.2 Å². The number of amides is 1. The zero-order valence-electron chi connectivity index (χ0n) is 19.5. The maximum absolute atomic E-state index is 12.4. The van der Waals surface area contributed by atoms with Crippen LogP contribution in [0.3, 0.4) is 0 Å². The molecule has 184 valence electrons. The van der Waals surface area contributed by atoms with Crippen molar-refractivity contribution in [3.05, 3.63) is 27.9 Å².